The van der Waals surface area contributed by atoms with Crippen LogP contribution in [0.3, 0.4) is 0 Å². The van der Waals surface area contributed by atoms with Gasteiger partial charge < -0.3 is 5.11 Å². The van der Waals surface area contributed by atoms with E-state index in [1.165, 1.54) is 0 Å². The topological polar surface area (TPSA) is 45.1 Å². The number of aliphatic hydroxyl groups excluding tert-OH is 1. The van der Waals surface area contributed by atoms with Crippen molar-refractivity contribution < 1.29 is 5.11 Å². The molecular formula is C15H19ClN2OS. The van der Waals surface area contributed by atoms with E-state index in [0.717, 1.165) is 47.1 Å². The van der Waals surface area contributed by atoms with Crippen molar-refractivity contribution in [2.45, 2.75) is 32.4 Å². The molecule has 2 rings (SSSR count). The number of aliphatic hydroxyl groups is 1. The molecule has 5 heteroatoms. The molecule has 20 heavy (non-hydrogen) atoms. The summed E-state index contributed by atoms with van der Waals surface area (Å²) in [5.74, 6) is 0. The Morgan fingerprint density at radius 3 is 2.80 bits per heavy atom. The molecular weight excluding hydrogens is 292 g/mol. The maximum absolute atomic E-state index is 9.59. The van der Waals surface area contributed by atoms with Gasteiger partial charge in [-0.15, -0.1) is 11.3 Å². The highest BCUT2D eigenvalue weighted by Crippen LogP contribution is 2.25. The van der Waals surface area contributed by atoms with Crippen molar-refractivity contribution in [2.75, 3.05) is 6.54 Å². The molecule has 1 aromatic heterocycles. The summed E-state index contributed by atoms with van der Waals surface area (Å²) in [6.07, 6.45) is 2.18. The molecule has 0 amide bonds. The predicted octanol–water partition coefficient (Wildman–Crippen LogP) is 3.71. The molecule has 0 radical (unpaired) electrons. The third-order valence-electron chi connectivity index (χ3n) is 2.97. The fraction of sp³-hybridized carbons (Fsp3) is 0.400. The highest BCUT2D eigenvalue weighted by atomic mass is 35.5. The van der Waals surface area contributed by atoms with Crippen LogP contribution in [0.15, 0.2) is 29.6 Å². The minimum absolute atomic E-state index is 0.408. The van der Waals surface area contributed by atoms with E-state index in [2.05, 4.69) is 22.6 Å². The lowest BCUT2D eigenvalue weighted by Crippen LogP contribution is -2.30. The van der Waals surface area contributed by atoms with Gasteiger partial charge in [0.05, 0.1) is 5.69 Å². The molecule has 1 atom stereocenters. The summed E-state index contributed by atoms with van der Waals surface area (Å²) in [7, 11) is 0. The van der Waals surface area contributed by atoms with E-state index in [1.54, 1.807) is 11.3 Å². The van der Waals surface area contributed by atoms with Gasteiger partial charge in [-0.05, 0) is 18.6 Å². The lowest BCUT2D eigenvalue weighted by atomic mass is 10.2. The Bertz CT molecular complexity index is 527. The van der Waals surface area contributed by atoms with Gasteiger partial charge in [-0.1, -0.05) is 37.1 Å². The number of benzene rings is 1. The highest BCUT2D eigenvalue weighted by molar-refractivity contribution is 7.13. The number of hydrogen-bond acceptors (Lipinski definition) is 4. The van der Waals surface area contributed by atoms with Gasteiger partial charge in [0.1, 0.15) is 11.2 Å². The minimum atomic E-state index is -0.408. The number of hydrogen-bond donors (Lipinski definition) is 2. The van der Waals surface area contributed by atoms with E-state index in [1.807, 2.05) is 24.3 Å². The Balaban J connectivity index is 1.87. The first-order valence-corrected chi connectivity index (χ1v) is 8.06. The van der Waals surface area contributed by atoms with E-state index < -0.39 is 6.23 Å². The largest absolute Gasteiger partial charge is 0.379 e. The normalized spacial score (nSPS) is 12.6. The average Bonchev–Trinajstić information content (AvgIpc) is 2.89. The zero-order valence-electron chi connectivity index (χ0n) is 11.5. The molecule has 0 spiro atoms. The van der Waals surface area contributed by atoms with E-state index in [0.29, 0.717) is 0 Å². The second-order valence-corrected chi connectivity index (χ2v) is 5.95. The van der Waals surface area contributed by atoms with Crippen LogP contribution >= 0.6 is 22.9 Å². The number of rotatable bonds is 7. The van der Waals surface area contributed by atoms with Crippen molar-refractivity contribution >= 4 is 22.9 Å². The number of aromatic nitrogens is 1. The number of nitrogens with one attached hydrogen (secondary N) is 1. The molecule has 0 aliphatic heterocycles. The molecule has 3 nitrogen and oxygen atoms in total. The van der Waals surface area contributed by atoms with Crippen LogP contribution in [-0.4, -0.2) is 22.9 Å². The fourth-order valence-electron chi connectivity index (χ4n) is 1.89. The molecule has 1 heterocycles. The highest BCUT2D eigenvalue weighted by Gasteiger charge is 2.06. The molecule has 0 saturated carbocycles. The van der Waals surface area contributed by atoms with E-state index >= 15 is 0 Å². The monoisotopic (exact) mass is 310 g/mol. The van der Waals surface area contributed by atoms with E-state index in [-0.39, 0.29) is 0 Å². The number of halogens is 1. The Morgan fingerprint density at radius 1 is 1.35 bits per heavy atom. The van der Waals surface area contributed by atoms with Gasteiger partial charge in [0.25, 0.3) is 0 Å². The van der Waals surface area contributed by atoms with E-state index in [9.17, 15) is 5.11 Å². The Labute approximate surface area is 128 Å². The van der Waals surface area contributed by atoms with Crippen molar-refractivity contribution in [3.05, 3.63) is 40.4 Å². The molecule has 0 fully saturated rings. The second-order valence-electron chi connectivity index (χ2n) is 4.66. The minimum Gasteiger partial charge on any atom is -0.379 e. The first-order valence-electron chi connectivity index (χ1n) is 6.81. The van der Waals surface area contributed by atoms with E-state index in [4.69, 9.17) is 11.6 Å². The van der Waals surface area contributed by atoms with Crippen molar-refractivity contribution in [3.8, 4) is 10.6 Å². The summed E-state index contributed by atoms with van der Waals surface area (Å²) in [4.78, 5) is 4.61. The van der Waals surface area contributed by atoms with Gasteiger partial charge in [-0.25, -0.2) is 4.98 Å². The van der Waals surface area contributed by atoms with Gasteiger partial charge in [0.2, 0.25) is 0 Å². The maximum atomic E-state index is 9.59. The average molecular weight is 311 g/mol. The predicted molar refractivity (Wildman–Crippen MR) is 85.2 cm³/mol. The van der Waals surface area contributed by atoms with Crippen LogP contribution in [0.2, 0.25) is 5.02 Å². The molecule has 0 aliphatic carbocycles. The van der Waals surface area contributed by atoms with Crippen LogP contribution in [0.25, 0.3) is 10.6 Å². The Morgan fingerprint density at radius 2 is 2.10 bits per heavy atom. The molecule has 1 aromatic carbocycles. The van der Waals surface area contributed by atoms with Gasteiger partial charge in [-0.3, -0.25) is 5.32 Å². The van der Waals surface area contributed by atoms with Crippen molar-refractivity contribution in [1.29, 1.82) is 0 Å². The molecule has 2 aromatic rings. The van der Waals surface area contributed by atoms with Crippen LogP contribution in [0, 0.1) is 0 Å². The van der Waals surface area contributed by atoms with Crippen molar-refractivity contribution in [3.63, 3.8) is 0 Å². The standard InChI is InChI=1S/C15H19ClN2OS/c1-2-3-14(19)17-9-8-13-10-20-15(18-13)11-4-6-12(16)7-5-11/h4-7,10,14,17,19H,2-3,8-9H2,1H3. The van der Waals surface area contributed by atoms with Gasteiger partial charge in [0, 0.05) is 28.9 Å². The second kappa shape index (κ2) is 7.74. The van der Waals surface area contributed by atoms with Crippen LogP contribution in [-0.2, 0) is 6.42 Å². The van der Waals surface area contributed by atoms with Gasteiger partial charge in [0.15, 0.2) is 0 Å². The lowest BCUT2D eigenvalue weighted by molar-refractivity contribution is 0.127. The SMILES string of the molecule is CCCC(O)NCCc1csc(-c2ccc(Cl)cc2)n1. The van der Waals surface area contributed by atoms with Gasteiger partial charge in [-0.2, -0.15) is 0 Å². The smallest absolute Gasteiger partial charge is 0.123 e. The molecule has 0 saturated heterocycles. The molecule has 1 unspecified atom stereocenters. The summed E-state index contributed by atoms with van der Waals surface area (Å²) in [5.41, 5.74) is 2.14. The maximum Gasteiger partial charge on any atom is 0.123 e. The zero-order chi connectivity index (χ0) is 14.4. The summed E-state index contributed by atoms with van der Waals surface area (Å²) in [6.45, 7) is 2.80. The first-order chi connectivity index (χ1) is 9.69. The molecule has 0 bridgehead atoms. The third kappa shape index (κ3) is 4.56. The van der Waals surface area contributed by atoms with Crippen LogP contribution < -0.4 is 5.32 Å². The lowest BCUT2D eigenvalue weighted by Gasteiger charge is -2.10. The summed E-state index contributed by atoms with van der Waals surface area (Å²) < 4.78 is 0. The summed E-state index contributed by atoms with van der Waals surface area (Å²) in [5, 5.41) is 16.5. The number of thiazole rings is 1. The first kappa shape index (κ1) is 15.4. The van der Waals surface area contributed by atoms with Crippen LogP contribution in [0.4, 0.5) is 0 Å². The van der Waals surface area contributed by atoms with Crippen molar-refractivity contribution in [1.82, 2.24) is 10.3 Å². The summed E-state index contributed by atoms with van der Waals surface area (Å²) in [6, 6.07) is 7.71. The molecule has 0 aliphatic rings. The molecule has 108 valence electrons. The Kier molecular flexibility index (Phi) is 5.98. The Hall–Kier alpha value is -0.940. The quantitative estimate of drug-likeness (QED) is 0.766. The summed E-state index contributed by atoms with van der Waals surface area (Å²) >= 11 is 7.51. The zero-order valence-corrected chi connectivity index (χ0v) is 13.0. The van der Waals surface area contributed by atoms with Gasteiger partial charge >= 0.3 is 0 Å². The van der Waals surface area contributed by atoms with Crippen LogP contribution in [0.5, 0.6) is 0 Å². The number of nitrogens with zero attached hydrogens (tertiary/aromatic N) is 1. The third-order valence-corrected chi connectivity index (χ3v) is 4.16. The van der Waals surface area contributed by atoms with Crippen LogP contribution in [0.1, 0.15) is 25.5 Å². The van der Waals surface area contributed by atoms with Crippen molar-refractivity contribution in [2.24, 2.45) is 0 Å². The molecule has 2 N–H and O–H groups in total. The fourth-order valence-corrected chi connectivity index (χ4v) is 2.88.